The first kappa shape index (κ1) is 13.1. The molecule has 0 bridgehead atoms. The van der Waals surface area contributed by atoms with Crippen molar-refractivity contribution >= 4 is 43.5 Å². The molecule has 6 heteroatoms. The van der Waals surface area contributed by atoms with Gasteiger partial charge in [0.1, 0.15) is 10.8 Å². The molecule has 2 N–H and O–H groups in total. The largest absolute Gasteiger partial charge is 0.507 e. The van der Waals surface area contributed by atoms with Gasteiger partial charge in [-0.15, -0.1) is 11.3 Å². The van der Waals surface area contributed by atoms with Crippen LogP contribution in [0.25, 0.3) is 20.8 Å². The molecular weight excluding hydrogens is 342 g/mol. The summed E-state index contributed by atoms with van der Waals surface area (Å²) >= 11 is 4.71. The molecule has 0 aliphatic rings. The molecule has 1 heterocycles. The standard InChI is InChI=1S/C14H8BrNO3S/c15-8-2-4-11(17)9(6-8)13-16-10-3-1-7(14(18)19)5-12(10)20-13/h1-6,17H,(H,18,19). The van der Waals surface area contributed by atoms with Gasteiger partial charge in [-0.2, -0.15) is 0 Å². The van der Waals surface area contributed by atoms with Crippen molar-refractivity contribution in [2.24, 2.45) is 0 Å². The average molecular weight is 350 g/mol. The molecule has 0 aliphatic heterocycles. The van der Waals surface area contributed by atoms with Crippen LogP contribution in [0, 0.1) is 0 Å². The van der Waals surface area contributed by atoms with Crippen LogP contribution in [0.2, 0.25) is 0 Å². The molecule has 0 aliphatic carbocycles. The Morgan fingerprint density at radius 1 is 1.20 bits per heavy atom. The number of phenols is 1. The van der Waals surface area contributed by atoms with Crippen molar-refractivity contribution in [2.45, 2.75) is 0 Å². The van der Waals surface area contributed by atoms with E-state index in [9.17, 15) is 9.90 Å². The summed E-state index contributed by atoms with van der Waals surface area (Å²) in [5.74, 6) is -0.821. The highest BCUT2D eigenvalue weighted by Crippen LogP contribution is 2.36. The first-order valence-electron chi connectivity index (χ1n) is 5.67. The van der Waals surface area contributed by atoms with Crippen LogP contribution in [-0.4, -0.2) is 21.2 Å². The van der Waals surface area contributed by atoms with Gasteiger partial charge in [-0.3, -0.25) is 0 Å². The van der Waals surface area contributed by atoms with Crippen LogP contribution in [0.1, 0.15) is 10.4 Å². The number of carbonyl (C=O) groups is 1. The summed E-state index contributed by atoms with van der Waals surface area (Å²) in [6, 6.07) is 9.91. The van der Waals surface area contributed by atoms with Crippen molar-refractivity contribution in [1.29, 1.82) is 0 Å². The fraction of sp³-hybridized carbons (Fsp3) is 0. The van der Waals surface area contributed by atoms with Crippen LogP contribution in [-0.2, 0) is 0 Å². The van der Waals surface area contributed by atoms with Gasteiger partial charge in [0.25, 0.3) is 0 Å². The number of halogens is 1. The first-order chi connectivity index (χ1) is 9.54. The maximum Gasteiger partial charge on any atom is 0.335 e. The minimum Gasteiger partial charge on any atom is -0.507 e. The van der Waals surface area contributed by atoms with Gasteiger partial charge in [-0.05, 0) is 36.4 Å². The number of hydrogen-bond donors (Lipinski definition) is 2. The van der Waals surface area contributed by atoms with E-state index in [1.807, 2.05) is 0 Å². The molecule has 0 radical (unpaired) electrons. The summed E-state index contributed by atoms with van der Waals surface area (Å²) < 4.78 is 1.62. The third-order valence-corrected chi connectivity index (χ3v) is 4.37. The highest BCUT2D eigenvalue weighted by atomic mass is 79.9. The molecule has 1 aromatic heterocycles. The maximum atomic E-state index is 11.0. The molecule has 0 fully saturated rings. The predicted octanol–water partition coefficient (Wildman–Crippen LogP) is 4.13. The Kier molecular flexibility index (Phi) is 3.19. The zero-order chi connectivity index (χ0) is 14.3. The van der Waals surface area contributed by atoms with E-state index < -0.39 is 5.97 Å². The van der Waals surface area contributed by atoms with E-state index in [-0.39, 0.29) is 11.3 Å². The van der Waals surface area contributed by atoms with Gasteiger partial charge in [0.2, 0.25) is 0 Å². The van der Waals surface area contributed by atoms with Gasteiger partial charge < -0.3 is 10.2 Å². The van der Waals surface area contributed by atoms with Crippen LogP contribution in [0.4, 0.5) is 0 Å². The van der Waals surface area contributed by atoms with Crippen LogP contribution >= 0.6 is 27.3 Å². The Morgan fingerprint density at radius 2 is 2.00 bits per heavy atom. The van der Waals surface area contributed by atoms with Crippen LogP contribution < -0.4 is 0 Å². The number of carboxylic acid groups (broad SMARTS) is 1. The van der Waals surface area contributed by atoms with Crippen molar-refractivity contribution in [3.63, 3.8) is 0 Å². The number of aromatic hydroxyl groups is 1. The molecule has 0 unspecified atom stereocenters. The summed E-state index contributed by atoms with van der Waals surface area (Å²) in [5.41, 5.74) is 1.57. The van der Waals surface area contributed by atoms with E-state index >= 15 is 0 Å². The number of benzene rings is 2. The number of fused-ring (bicyclic) bond motifs is 1. The molecular formula is C14H8BrNO3S. The Balaban J connectivity index is 2.17. The number of nitrogens with zero attached hydrogens (tertiary/aromatic N) is 1. The summed E-state index contributed by atoms with van der Waals surface area (Å²) in [6.07, 6.45) is 0. The van der Waals surface area contributed by atoms with Crippen LogP contribution in [0.5, 0.6) is 5.75 Å². The van der Waals surface area contributed by atoms with Crippen molar-refractivity contribution in [2.75, 3.05) is 0 Å². The summed E-state index contributed by atoms with van der Waals surface area (Å²) in [7, 11) is 0. The van der Waals surface area contributed by atoms with Gasteiger partial charge in [0, 0.05) is 4.47 Å². The SMILES string of the molecule is O=C(O)c1ccc2nc(-c3cc(Br)ccc3O)sc2c1. The van der Waals surface area contributed by atoms with Gasteiger partial charge in [0.05, 0.1) is 21.3 Å². The number of hydrogen-bond acceptors (Lipinski definition) is 4. The van der Waals surface area contributed by atoms with Gasteiger partial charge in [-0.1, -0.05) is 15.9 Å². The van der Waals surface area contributed by atoms with Crippen molar-refractivity contribution < 1.29 is 15.0 Å². The Labute approximate surface area is 126 Å². The predicted molar refractivity (Wildman–Crippen MR) is 81.4 cm³/mol. The molecule has 4 nitrogen and oxygen atoms in total. The normalized spacial score (nSPS) is 10.8. The zero-order valence-corrected chi connectivity index (χ0v) is 12.4. The lowest BCUT2D eigenvalue weighted by Gasteiger charge is -2.00. The zero-order valence-electron chi connectivity index (χ0n) is 10.0. The molecule has 0 atom stereocenters. The molecule has 0 spiro atoms. The highest BCUT2D eigenvalue weighted by molar-refractivity contribution is 9.10. The molecule has 20 heavy (non-hydrogen) atoms. The summed E-state index contributed by atoms with van der Waals surface area (Å²) in [6.45, 7) is 0. The number of thiazole rings is 1. The van der Waals surface area contributed by atoms with E-state index in [2.05, 4.69) is 20.9 Å². The van der Waals surface area contributed by atoms with Crippen molar-refractivity contribution in [3.8, 4) is 16.3 Å². The van der Waals surface area contributed by atoms with E-state index in [1.54, 1.807) is 30.3 Å². The lowest BCUT2D eigenvalue weighted by Crippen LogP contribution is -1.94. The minimum atomic E-state index is -0.966. The second-order valence-corrected chi connectivity index (χ2v) is 6.11. The van der Waals surface area contributed by atoms with Gasteiger partial charge in [-0.25, -0.2) is 9.78 Å². The van der Waals surface area contributed by atoms with E-state index in [1.165, 1.54) is 17.4 Å². The van der Waals surface area contributed by atoms with Gasteiger partial charge >= 0.3 is 5.97 Å². The minimum absolute atomic E-state index is 0.144. The summed E-state index contributed by atoms with van der Waals surface area (Å²) in [5, 5.41) is 19.5. The Hall–Kier alpha value is -1.92. The summed E-state index contributed by atoms with van der Waals surface area (Å²) in [4.78, 5) is 15.4. The average Bonchev–Trinajstić information content (AvgIpc) is 2.83. The number of aromatic carboxylic acids is 1. The van der Waals surface area contributed by atoms with Gasteiger partial charge in [0.15, 0.2) is 0 Å². The molecule has 2 aromatic carbocycles. The van der Waals surface area contributed by atoms with Crippen LogP contribution in [0.3, 0.4) is 0 Å². The molecule has 100 valence electrons. The molecule has 0 saturated heterocycles. The Bertz CT molecular complexity index is 828. The number of carboxylic acids is 1. The maximum absolute atomic E-state index is 11.0. The third-order valence-electron chi connectivity index (χ3n) is 2.82. The number of rotatable bonds is 2. The topological polar surface area (TPSA) is 70.4 Å². The third kappa shape index (κ3) is 2.28. The second-order valence-electron chi connectivity index (χ2n) is 4.17. The smallest absolute Gasteiger partial charge is 0.335 e. The van der Waals surface area contributed by atoms with Crippen molar-refractivity contribution in [3.05, 3.63) is 46.4 Å². The lowest BCUT2D eigenvalue weighted by atomic mass is 10.2. The fourth-order valence-corrected chi connectivity index (χ4v) is 3.24. The monoisotopic (exact) mass is 349 g/mol. The highest BCUT2D eigenvalue weighted by Gasteiger charge is 2.12. The lowest BCUT2D eigenvalue weighted by molar-refractivity contribution is 0.0697. The molecule has 0 saturated carbocycles. The second kappa shape index (κ2) is 4.88. The Morgan fingerprint density at radius 3 is 2.75 bits per heavy atom. The number of phenolic OH excluding ortho intramolecular Hbond substituents is 1. The van der Waals surface area contributed by atoms with Crippen LogP contribution in [0.15, 0.2) is 40.9 Å². The quantitative estimate of drug-likeness (QED) is 0.729. The van der Waals surface area contributed by atoms with Crippen molar-refractivity contribution in [1.82, 2.24) is 4.98 Å². The van der Waals surface area contributed by atoms with E-state index in [0.29, 0.717) is 10.6 Å². The fourth-order valence-electron chi connectivity index (χ4n) is 1.85. The molecule has 3 rings (SSSR count). The molecule has 3 aromatic rings. The molecule has 0 amide bonds. The van der Waals surface area contributed by atoms with E-state index in [4.69, 9.17) is 5.11 Å². The number of aromatic nitrogens is 1. The van der Waals surface area contributed by atoms with E-state index in [0.717, 1.165) is 14.7 Å². The first-order valence-corrected chi connectivity index (χ1v) is 7.28.